The maximum atomic E-state index is 13.0. The van der Waals surface area contributed by atoms with Gasteiger partial charge in [-0.15, -0.1) is 0 Å². The molecule has 5 heteroatoms. The topological polar surface area (TPSA) is 42.0 Å². The van der Waals surface area contributed by atoms with Gasteiger partial charge in [-0.05, 0) is 55.9 Å². The number of rotatable bonds is 6. The number of fused-ring (bicyclic) bond motifs is 1. The lowest BCUT2D eigenvalue weighted by Crippen LogP contribution is -2.48. The molecular formula is C20H32N2O3. The van der Waals surface area contributed by atoms with E-state index in [0.717, 1.165) is 44.0 Å². The van der Waals surface area contributed by atoms with Crippen molar-refractivity contribution in [2.75, 3.05) is 33.9 Å². The molecule has 1 aliphatic rings. The fourth-order valence-electron chi connectivity index (χ4n) is 3.63. The largest absolute Gasteiger partial charge is 0.493 e. The van der Waals surface area contributed by atoms with Crippen molar-refractivity contribution in [3.05, 3.63) is 23.3 Å². The fraction of sp³-hybridized carbons (Fsp3) is 0.650. The second kappa shape index (κ2) is 8.45. The van der Waals surface area contributed by atoms with Gasteiger partial charge in [0, 0.05) is 19.6 Å². The van der Waals surface area contributed by atoms with Crippen LogP contribution in [0.25, 0.3) is 0 Å². The Morgan fingerprint density at radius 1 is 1.20 bits per heavy atom. The summed E-state index contributed by atoms with van der Waals surface area (Å²) in [6.07, 6.45) is 1.78. The predicted octanol–water partition coefficient (Wildman–Crippen LogP) is 4.11. The number of carbonyl (C=O) groups is 1. The van der Waals surface area contributed by atoms with E-state index in [-0.39, 0.29) is 12.1 Å². The van der Waals surface area contributed by atoms with Gasteiger partial charge in [-0.1, -0.05) is 13.8 Å². The van der Waals surface area contributed by atoms with Crippen LogP contribution in [0.3, 0.4) is 0 Å². The molecule has 140 valence electrons. The monoisotopic (exact) mass is 348 g/mol. The van der Waals surface area contributed by atoms with Gasteiger partial charge in [0.15, 0.2) is 11.5 Å². The lowest BCUT2D eigenvalue weighted by molar-refractivity contribution is 0.124. The number of hydrogen-bond acceptors (Lipinski definition) is 3. The van der Waals surface area contributed by atoms with Crippen LogP contribution in [0.4, 0.5) is 4.79 Å². The molecule has 0 bridgehead atoms. The summed E-state index contributed by atoms with van der Waals surface area (Å²) in [6.45, 7) is 10.7. The highest BCUT2D eigenvalue weighted by atomic mass is 16.5. The minimum absolute atomic E-state index is 0.0802. The second-order valence-electron chi connectivity index (χ2n) is 6.95. The van der Waals surface area contributed by atoms with Crippen molar-refractivity contribution in [3.63, 3.8) is 0 Å². The highest BCUT2D eigenvalue weighted by molar-refractivity contribution is 5.75. The van der Waals surface area contributed by atoms with Crippen molar-refractivity contribution in [3.8, 4) is 11.5 Å². The van der Waals surface area contributed by atoms with E-state index in [1.54, 1.807) is 14.2 Å². The van der Waals surface area contributed by atoms with Gasteiger partial charge < -0.3 is 19.3 Å². The van der Waals surface area contributed by atoms with E-state index in [4.69, 9.17) is 9.47 Å². The second-order valence-corrected chi connectivity index (χ2v) is 6.95. The third-order valence-corrected chi connectivity index (χ3v) is 4.98. The summed E-state index contributed by atoms with van der Waals surface area (Å²) in [5, 5.41) is 0. The molecule has 1 aromatic rings. The zero-order chi connectivity index (χ0) is 18.6. The number of ether oxygens (including phenoxy) is 2. The molecule has 0 aliphatic carbocycles. The highest BCUT2D eigenvalue weighted by Gasteiger charge is 2.34. The maximum Gasteiger partial charge on any atom is 0.320 e. The lowest BCUT2D eigenvalue weighted by atomic mass is 9.87. The molecule has 2 rings (SSSR count). The quantitative estimate of drug-likeness (QED) is 0.777. The van der Waals surface area contributed by atoms with E-state index in [0.29, 0.717) is 5.92 Å². The van der Waals surface area contributed by atoms with Crippen LogP contribution in [0, 0.1) is 5.92 Å². The van der Waals surface area contributed by atoms with Crippen LogP contribution in [-0.2, 0) is 6.42 Å². The van der Waals surface area contributed by atoms with Gasteiger partial charge >= 0.3 is 6.03 Å². The van der Waals surface area contributed by atoms with Crippen LogP contribution in [-0.4, -0.2) is 49.7 Å². The lowest BCUT2D eigenvalue weighted by Gasteiger charge is -2.41. The Kier molecular flexibility index (Phi) is 6.57. The molecule has 1 heterocycles. The Morgan fingerprint density at radius 2 is 1.80 bits per heavy atom. The molecule has 1 aromatic carbocycles. The molecule has 0 radical (unpaired) electrons. The standard InChI is InChI=1S/C20H32N2O3/c1-7-21(8-2)20(23)22-10-9-15-12-18(24-5)19(25-6)13-16(15)17(22)11-14(3)4/h12-14,17H,7-11H2,1-6H3. The van der Waals surface area contributed by atoms with E-state index >= 15 is 0 Å². The van der Waals surface area contributed by atoms with Gasteiger partial charge in [0.2, 0.25) is 0 Å². The summed E-state index contributed by atoms with van der Waals surface area (Å²) in [4.78, 5) is 17.0. The number of methoxy groups -OCH3 is 2. The molecule has 25 heavy (non-hydrogen) atoms. The summed E-state index contributed by atoms with van der Waals surface area (Å²) in [5.74, 6) is 1.98. The van der Waals surface area contributed by atoms with Gasteiger partial charge in [0.05, 0.1) is 20.3 Å². The zero-order valence-electron chi connectivity index (χ0n) is 16.5. The highest BCUT2D eigenvalue weighted by Crippen LogP contribution is 2.40. The molecule has 0 N–H and O–H groups in total. The fourth-order valence-corrected chi connectivity index (χ4v) is 3.63. The van der Waals surface area contributed by atoms with Crippen LogP contribution in [0.1, 0.15) is 51.3 Å². The van der Waals surface area contributed by atoms with Gasteiger partial charge in [-0.25, -0.2) is 4.79 Å². The Balaban J connectivity index is 2.45. The molecule has 1 aliphatic heterocycles. The summed E-state index contributed by atoms with van der Waals surface area (Å²) >= 11 is 0. The molecule has 0 spiro atoms. The third kappa shape index (κ3) is 4.02. The van der Waals surface area contributed by atoms with Crippen LogP contribution in [0.15, 0.2) is 12.1 Å². The van der Waals surface area contributed by atoms with E-state index in [1.165, 1.54) is 11.1 Å². The SMILES string of the molecule is CCN(CC)C(=O)N1CCc2cc(OC)c(OC)cc2C1CC(C)C. The molecule has 1 atom stereocenters. The molecular weight excluding hydrogens is 316 g/mol. The Morgan fingerprint density at radius 3 is 2.32 bits per heavy atom. The zero-order valence-corrected chi connectivity index (χ0v) is 16.5. The first kappa shape index (κ1) is 19.4. The van der Waals surface area contributed by atoms with Crippen LogP contribution in [0.2, 0.25) is 0 Å². The number of urea groups is 1. The smallest absolute Gasteiger partial charge is 0.320 e. The Bertz CT molecular complexity index is 597. The van der Waals surface area contributed by atoms with Crippen molar-refractivity contribution < 1.29 is 14.3 Å². The maximum absolute atomic E-state index is 13.0. The van der Waals surface area contributed by atoms with E-state index in [9.17, 15) is 4.79 Å². The molecule has 0 saturated carbocycles. The van der Waals surface area contributed by atoms with Crippen LogP contribution < -0.4 is 9.47 Å². The summed E-state index contributed by atoms with van der Waals surface area (Å²) < 4.78 is 11.0. The summed E-state index contributed by atoms with van der Waals surface area (Å²) in [5.41, 5.74) is 2.45. The van der Waals surface area contributed by atoms with Gasteiger partial charge in [0.25, 0.3) is 0 Å². The first-order chi connectivity index (χ1) is 12.0. The van der Waals surface area contributed by atoms with E-state index in [2.05, 4.69) is 26.0 Å². The molecule has 5 nitrogen and oxygen atoms in total. The first-order valence-corrected chi connectivity index (χ1v) is 9.27. The minimum atomic E-state index is 0.0802. The van der Waals surface area contributed by atoms with Crippen molar-refractivity contribution in [1.29, 1.82) is 0 Å². The van der Waals surface area contributed by atoms with Crippen molar-refractivity contribution in [2.45, 2.75) is 46.6 Å². The summed E-state index contributed by atoms with van der Waals surface area (Å²) in [7, 11) is 3.32. The molecule has 2 amide bonds. The van der Waals surface area contributed by atoms with E-state index in [1.807, 2.05) is 23.6 Å². The molecule has 0 aromatic heterocycles. The van der Waals surface area contributed by atoms with Crippen molar-refractivity contribution in [2.24, 2.45) is 5.92 Å². The molecule has 0 saturated heterocycles. The Hall–Kier alpha value is -1.91. The van der Waals surface area contributed by atoms with Gasteiger partial charge in [0.1, 0.15) is 0 Å². The van der Waals surface area contributed by atoms with Crippen molar-refractivity contribution >= 4 is 6.03 Å². The number of amides is 2. The normalized spacial score (nSPS) is 16.6. The van der Waals surface area contributed by atoms with E-state index < -0.39 is 0 Å². The predicted molar refractivity (Wildman–Crippen MR) is 100 cm³/mol. The molecule has 0 fully saturated rings. The number of carbonyl (C=O) groups excluding carboxylic acids is 1. The number of hydrogen-bond donors (Lipinski definition) is 0. The van der Waals surface area contributed by atoms with Gasteiger partial charge in [-0.3, -0.25) is 0 Å². The average Bonchev–Trinajstić information content (AvgIpc) is 2.61. The van der Waals surface area contributed by atoms with Crippen molar-refractivity contribution in [1.82, 2.24) is 9.80 Å². The first-order valence-electron chi connectivity index (χ1n) is 9.27. The van der Waals surface area contributed by atoms with Crippen LogP contribution >= 0.6 is 0 Å². The molecule has 1 unspecified atom stereocenters. The third-order valence-electron chi connectivity index (χ3n) is 4.98. The average molecular weight is 348 g/mol. The summed E-state index contributed by atoms with van der Waals surface area (Å²) in [6, 6.07) is 4.34. The minimum Gasteiger partial charge on any atom is -0.493 e. The Labute approximate surface area is 151 Å². The number of benzene rings is 1. The van der Waals surface area contributed by atoms with Gasteiger partial charge in [-0.2, -0.15) is 0 Å². The van der Waals surface area contributed by atoms with Crippen LogP contribution in [0.5, 0.6) is 11.5 Å². The number of nitrogens with zero attached hydrogens (tertiary/aromatic N) is 2.